The van der Waals surface area contributed by atoms with Gasteiger partial charge in [0.25, 0.3) is 0 Å². The van der Waals surface area contributed by atoms with Crippen molar-refractivity contribution in [3.63, 3.8) is 0 Å². The summed E-state index contributed by atoms with van der Waals surface area (Å²) in [6.07, 6.45) is -1.79. The Morgan fingerprint density at radius 3 is 2.02 bits per heavy atom. The van der Waals surface area contributed by atoms with Crippen LogP contribution < -0.4 is 0 Å². The first-order valence-corrected chi connectivity index (χ1v) is 14.8. The average molecular weight is 644 g/mol. The molecule has 0 spiro atoms. The molecule has 244 valence electrons. The lowest BCUT2D eigenvalue weighted by molar-refractivity contribution is -0.166. The van der Waals surface area contributed by atoms with Crippen molar-refractivity contribution >= 4 is 40.8 Å². The zero-order valence-electron chi connectivity index (χ0n) is 26.1. The lowest BCUT2D eigenvalue weighted by Crippen LogP contribution is -2.40. The quantitative estimate of drug-likeness (QED) is 0.133. The van der Waals surface area contributed by atoms with Crippen molar-refractivity contribution in [3.05, 3.63) is 90.1 Å². The van der Waals surface area contributed by atoms with Gasteiger partial charge in [0.15, 0.2) is 30.1 Å². The van der Waals surface area contributed by atoms with Gasteiger partial charge in [-0.3, -0.25) is 23.9 Å². The van der Waals surface area contributed by atoms with Crippen LogP contribution in [0, 0.1) is 0 Å². The summed E-state index contributed by atoms with van der Waals surface area (Å²) in [5.74, 6) is -2.56. The van der Waals surface area contributed by atoms with Gasteiger partial charge < -0.3 is 23.7 Å². The number of rotatable bonds is 11. The molecule has 4 aromatic rings. The Morgan fingerprint density at radius 1 is 0.830 bits per heavy atom. The van der Waals surface area contributed by atoms with Gasteiger partial charge in [0.1, 0.15) is 30.2 Å². The minimum atomic E-state index is -1.25. The second-order valence-corrected chi connectivity index (χ2v) is 10.5. The fourth-order valence-electron chi connectivity index (χ4n) is 5.26. The third-order valence-corrected chi connectivity index (χ3v) is 7.12. The second kappa shape index (κ2) is 14.7. The van der Waals surface area contributed by atoms with Crippen LogP contribution in [0.2, 0.25) is 0 Å². The molecule has 0 amide bonds. The Balaban J connectivity index is 1.63. The van der Waals surface area contributed by atoms with E-state index in [2.05, 4.69) is 15.0 Å². The maximum Gasteiger partial charge on any atom is 0.337 e. The van der Waals surface area contributed by atoms with E-state index in [4.69, 9.17) is 28.7 Å². The molecule has 1 unspecified atom stereocenters. The Bertz CT molecular complexity index is 1740. The van der Waals surface area contributed by atoms with Crippen molar-refractivity contribution in [2.45, 2.75) is 58.3 Å². The van der Waals surface area contributed by atoms with E-state index >= 15 is 0 Å². The predicted octanol–water partition coefficient (Wildman–Crippen LogP) is 3.29. The first kappa shape index (κ1) is 32.9. The van der Waals surface area contributed by atoms with Crippen molar-refractivity contribution in [2.24, 2.45) is 4.99 Å². The van der Waals surface area contributed by atoms with Crippen LogP contribution in [0.15, 0.2) is 78.3 Å². The third kappa shape index (κ3) is 7.49. The topological polar surface area (TPSA) is 170 Å². The molecule has 0 radical (unpaired) electrons. The summed E-state index contributed by atoms with van der Waals surface area (Å²) < 4.78 is 29.3. The highest BCUT2D eigenvalue weighted by Crippen LogP contribution is 2.37. The van der Waals surface area contributed by atoms with E-state index in [1.807, 2.05) is 60.7 Å². The monoisotopic (exact) mass is 643 g/mol. The van der Waals surface area contributed by atoms with Crippen LogP contribution in [0.1, 0.15) is 56.8 Å². The Kier molecular flexibility index (Phi) is 10.3. The fourth-order valence-corrected chi connectivity index (χ4v) is 5.26. The number of carbonyl (C=O) groups excluding carboxylic acids is 4. The summed E-state index contributed by atoms with van der Waals surface area (Å²) in [4.78, 5) is 67.6. The van der Waals surface area contributed by atoms with Crippen molar-refractivity contribution in [1.82, 2.24) is 19.5 Å². The molecular formula is C33H33N5O9. The predicted molar refractivity (Wildman–Crippen MR) is 165 cm³/mol. The molecule has 5 rings (SSSR count). The molecule has 14 heteroatoms. The molecule has 0 N–H and O–H groups in total. The lowest BCUT2D eigenvalue weighted by atomic mass is 10.0. The summed E-state index contributed by atoms with van der Waals surface area (Å²) in [7, 11) is 0. The molecule has 1 fully saturated rings. The maximum atomic E-state index is 13.5. The smallest absolute Gasteiger partial charge is 0.337 e. The van der Waals surface area contributed by atoms with E-state index in [-0.39, 0.29) is 30.1 Å². The molecule has 2 aromatic carbocycles. The Morgan fingerprint density at radius 2 is 1.45 bits per heavy atom. The third-order valence-electron chi connectivity index (χ3n) is 7.12. The number of esters is 4. The molecule has 5 atom stereocenters. The van der Waals surface area contributed by atoms with Crippen LogP contribution in [-0.4, -0.2) is 80.6 Å². The van der Waals surface area contributed by atoms with Gasteiger partial charge in [0.05, 0.1) is 18.6 Å². The zero-order valence-corrected chi connectivity index (χ0v) is 26.1. The van der Waals surface area contributed by atoms with Gasteiger partial charge in [0.2, 0.25) is 0 Å². The van der Waals surface area contributed by atoms with Crippen LogP contribution in [0.4, 0.5) is 0 Å². The van der Waals surface area contributed by atoms with Gasteiger partial charge in [-0.15, -0.1) is 0 Å². The van der Waals surface area contributed by atoms with E-state index < -0.39 is 54.5 Å². The molecule has 47 heavy (non-hydrogen) atoms. The molecular weight excluding hydrogens is 610 g/mol. The molecule has 1 aliphatic heterocycles. The van der Waals surface area contributed by atoms with Gasteiger partial charge >= 0.3 is 23.9 Å². The minimum Gasteiger partial charge on any atom is -0.464 e. The number of aromatic nitrogens is 4. The molecule has 0 aliphatic carbocycles. The molecule has 0 saturated carbocycles. The fraction of sp³-hybridized carbons (Fsp3) is 0.333. The van der Waals surface area contributed by atoms with Crippen LogP contribution in [0.25, 0.3) is 11.2 Å². The zero-order chi connectivity index (χ0) is 33.5. The molecule has 2 aromatic heterocycles. The van der Waals surface area contributed by atoms with E-state index in [0.29, 0.717) is 5.71 Å². The van der Waals surface area contributed by atoms with Crippen LogP contribution >= 0.6 is 0 Å². The summed E-state index contributed by atoms with van der Waals surface area (Å²) in [6, 6.07) is 17.5. The number of aliphatic imine (C=N–C) groups is 1. The maximum absolute atomic E-state index is 13.5. The van der Waals surface area contributed by atoms with Crippen molar-refractivity contribution in [3.8, 4) is 0 Å². The second-order valence-electron chi connectivity index (χ2n) is 10.5. The van der Waals surface area contributed by atoms with Crippen molar-refractivity contribution in [2.75, 3.05) is 13.2 Å². The number of imidazole rings is 1. The number of nitrogens with zero attached hydrogens (tertiary/aromatic N) is 5. The number of fused-ring (bicyclic) bond motifs is 1. The van der Waals surface area contributed by atoms with Crippen LogP contribution in [-0.2, 0) is 42.9 Å². The SMILES string of the molecule is CCOC(=O)C(N=C(c1ccccc1)c1ccccc1)c1ncnc2c1ncn2[C@@H]1O[C@H](COC(C)=O)[C@@H](OC(C)=O)[C@H]1OC(C)=O. The van der Waals surface area contributed by atoms with Crippen molar-refractivity contribution < 1.29 is 42.9 Å². The molecule has 0 bridgehead atoms. The van der Waals surface area contributed by atoms with E-state index in [1.165, 1.54) is 38.0 Å². The van der Waals surface area contributed by atoms with Gasteiger partial charge in [-0.05, 0) is 6.92 Å². The molecule has 1 saturated heterocycles. The highest BCUT2D eigenvalue weighted by atomic mass is 16.7. The highest BCUT2D eigenvalue weighted by Gasteiger charge is 2.51. The standard InChI is InChI=1S/C33H33N5O9/c1-5-43-33(42)28(37-25(22-12-8-6-9-13-22)23-14-10-7-11-15-23)26-27-31(35-17-34-26)38(18-36-27)32-30(46-21(4)41)29(45-20(3)40)24(47-32)16-44-19(2)39/h6-15,17-18,24,28-30,32H,5,16H2,1-4H3/t24-,28?,29-,30-,32-/m1/s1. The molecule has 14 nitrogen and oxygen atoms in total. The van der Waals surface area contributed by atoms with Gasteiger partial charge in [-0.1, -0.05) is 60.7 Å². The summed E-state index contributed by atoms with van der Waals surface area (Å²) in [6.45, 7) is 5.13. The summed E-state index contributed by atoms with van der Waals surface area (Å²) in [5.41, 5.74) is 2.63. The number of hydrogen-bond donors (Lipinski definition) is 0. The summed E-state index contributed by atoms with van der Waals surface area (Å²) in [5, 5.41) is 0. The van der Waals surface area contributed by atoms with Crippen molar-refractivity contribution in [1.29, 1.82) is 0 Å². The number of ether oxygens (including phenoxy) is 5. The van der Waals surface area contributed by atoms with E-state index in [9.17, 15) is 19.2 Å². The first-order valence-electron chi connectivity index (χ1n) is 14.8. The van der Waals surface area contributed by atoms with Gasteiger partial charge in [0, 0.05) is 31.9 Å². The lowest BCUT2D eigenvalue weighted by Gasteiger charge is -2.23. The van der Waals surface area contributed by atoms with Crippen LogP contribution in [0.3, 0.4) is 0 Å². The molecule has 1 aliphatic rings. The number of benzene rings is 2. The normalized spacial score (nSPS) is 19.4. The Hall–Kier alpha value is -5.50. The van der Waals surface area contributed by atoms with E-state index in [0.717, 1.165) is 11.1 Å². The number of carbonyl (C=O) groups is 4. The molecule has 3 heterocycles. The summed E-state index contributed by atoms with van der Waals surface area (Å²) >= 11 is 0. The minimum absolute atomic E-state index is 0.0980. The first-order chi connectivity index (χ1) is 22.7. The van der Waals surface area contributed by atoms with Gasteiger partial charge in [-0.2, -0.15) is 0 Å². The Labute approximate surface area is 269 Å². The van der Waals surface area contributed by atoms with E-state index in [1.54, 1.807) is 6.92 Å². The van der Waals surface area contributed by atoms with Gasteiger partial charge in [-0.25, -0.2) is 19.7 Å². The highest BCUT2D eigenvalue weighted by molar-refractivity contribution is 6.13. The average Bonchev–Trinajstić information content (AvgIpc) is 3.62. The largest absolute Gasteiger partial charge is 0.464 e. The number of hydrogen-bond acceptors (Lipinski definition) is 13. The van der Waals surface area contributed by atoms with Crippen LogP contribution in [0.5, 0.6) is 0 Å².